The molecule has 5 heteroatoms. The van der Waals surface area contributed by atoms with E-state index in [1.54, 1.807) is 24.0 Å². The highest BCUT2D eigenvalue weighted by atomic mass is 16.3. The summed E-state index contributed by atoms with van der Waals surface area (Å²) in [7, 11) is 0. The van der Waals surface area contributed by atoms with Gasteiger partial charge in [-0.1, -0.05) is 0 Å². The standard InChI is InChI=1S/C11H15N3O2/c1-11(16)3-5-14(7-11)10(15)9-6-8(12)2-4-13-9/h2,4,6,16H,3,5,7H2,1H3,(H2,12,13). The second-order valence-corrected chi connectivity index (χ2v) is 4.45. The predicted molar refractivity (Wildman–Crippen MR) is 59.8 cm³/mol. The molecule has 2 heterocycles. The Morgan fingerprint density at radius 3 is 3.00 bits per heavy atom. The van der Waals surface area contributed by atoms with Crippen LogP contribution >= 0.6 is 0 Å². The summed E-state index contributed by atoms with van der Waals surface area (Å²) in [5.74, 6) is -0.176. The van der Waals surface area contributed by atoms with Crippen LogP contribution in [-0.4, -0.2) is 39.6 Å². The van der Waals surface area contributed by atoms with Crippen LogP contribution in [0.15, 0.2) is 18.3 Å². The van der Waals surface area contributed by atoms with Gasteiger partial charge in [-0.2, -0.15) is 0 Å². The van der Waals surface area contributed by atoms with Crippen LogP contribution in [0.5, 0.6) is 0 Å². The van der Waals surface area contributed by atoms with Crippen LogP contribution in [0, 0.1) is 0 Å². The molecular formula is C11H15N3O2. The van der Waals surface area contributed by atoms with Gasteiger partial charge in [-0.25, -0.2) is 0 Å². The quantitative estimate of drug-likeness (QED) is 0.713. The molecule has 1 atom stereocenters. The van der Waals surface area contributed by atoms with E-state index in [-0.39, 0.29) is 5.91 Å². The maximum atomic E-state index is 12.0. The van der Waals surface area contributed by atoms with Crippen LogP contribution in [-0.2, 0) is 0 Å². The smallest absolute Gasteiger partial charge is 0.272 e. The van der Waals surface area contributed by atoms with Gasteiger partial charge in [0.1, 0.15) is 5.69 Å². The van der Waals surface area contributed by atoms with Crippen LogP contribution in [0.3, 0.4) is 0 Å². The Hall–Kier alpha value is -1.62. The average Bonchev–Trinajstić information content (AvgIpc) is 2.58. The van der Waals surface area contributed by atoms with Crippen molar-refractivity contribution in [1.29, 1.82) is 0 Å². The maximum absolute atomic E-state index is 12.0. The molecule has 2 rings (SSSR count). The van der Waals surface area contributed by atoms with Gasteiger partial charge in [0.15, 0.2) is 0 Å². The largest absolute Gasteiger partial charge is 0.399 e. The first-order chi connectivity index (χ1) is 7.48. The number of aliphatic hydroxyl groups is 1. The van der Waals surface area contributed by atoms with Gasteiger partial charge in [0.25, 0.3) is 5.91 Å². The van der Waals surface area contributed by atoms with E-state index in [0.29, 0.717) is 30.9 Å². The van der Waals surface area contributed by atoms with Gasteiger partial charge in [0, 0.05) is 25.0 Å². The molecule has 0 aromatic carbocycles. The van der Waals surface area contributed by atoms with Crippen molar-refractivity contribution in [3.63, 3.8) is 0 Å². The first-order valence-electron chi connectivity index (χ1n) is 5.21. The number of aromatic nitrogens is 1. The van der Waals surface area contributed by atoms with E-state index in [4.69, 9.17) is 5.73 Å². The second-order valence-electron chi connectivity index (χ2n) is 4.45. The van der Waals surface area contributed by atoms with E-state index in [0.717, 1.165) is 0 Å². The number of β-amino-alcohol motifs (C(OH)–C–C–N with tert-alkyl or cyclic N) is 1. The Morgan fingerprint density at radius 2 is 2.44 bits per heavy atom. The molecule has 0 aliphatic carbocycles. The number of pyridine rings is 1. The zero-order valence-electron chi connectivity index (χ0n) is 9.18. The summed E-state index contributed by atoms with van der Waals surface area (Å²) in [4.78, 5) is 17.6. The zero-order chi connectivity index (χ0) is 11.8. The third-order valence-electron chi connectivity index (χ3n) is 2.74. The summed E-state index contributed by atoms with van der Waals surface area (Å²) in [5.41, 5.74) is 5.66. The van der Waals surface area contributed by atoms with E-state index in [1.807, 2.05) is 0 Å². The number of hydrogen-bond acceptors (Lipinski definition) is 4. The SMILES string of the molecule is CC1(O)CCN(C(=O)c2cc(N)ccn2)C1. The van der Waals surface area contributed by atoms with Crippen molar-refractivity contribution in [2.24, 2.45) is 0 Å². The lowest BCUT2D eigenvalue weighted by molar-refractivity contribution is 0.0569. The van der Waals surface area contributed by atoms with E-state index in [9.17, 15) is 9.90 Å². The first kappa shape index (κ1) is 10.9. The summed E-state index contributed by atoms with van der Waals surface area (Å²) in [5, 5.41) is 9.78. The molecule has 1 fully saturated rings. The number of likely N-dealkylation sites (tertiary alicyclic amines) is 1. The topological polar surface area (TPSA) is 79.5 Å². The Bertz CT molecular complexity index is 417. The summed E-state index contributed by atoms with van der Waals surface area (Å²) in [6.07, 6.45) is 2.11. The van der Waals surface area contributed by atoms with E-state index >= 15 is 0 Å². The molecule has 1 aromatic heterocycles. The summed E-state index contributed by atoms with van der Waals surface area (Å²) in [6, 6.07) is 3.19. The Labute approximate surface area is 93.9 Å². The molecule has 1 unspecified atom stereocenters. The van der Waals surface area contributed by atoms with Crippen molar-refractivity contribution in [2.45, 2.75) is 18.9 Å². The summed E-state index contributed by atoms with van der Waals surface area (Å²) in [6.45, 7) is 2.64. The fourth-order valence-electron chi connectivity index (χ4n) is 1.84. The number of amides is 1. The minimum absolute atomic E-state index is 0.176. The first-order valence-corrected chi connectivity index (χ1v) is 5.21. The Kier molecular flexibility index (Phi) is 2.55. The van der Waals surface area contributed by atoms with Gasteiger partial charge >= 0.3 is 0 Å². The van der Waals surface area contributed by atoms with Crippen molar-refractivity contribution < 1.29 is 9.90 Å². The number of carbonyl (C=O) groups excluding carboxylic acids is 1. The Morgan fingerprint density at radius 1 is 1.69 bits per heavy atom. The molecule has 5 nitrogen and oxygen atoms in total. The van der Waals surface area contributed by atoms with Gasteiger partial charge in [-0.05, 0) is 25.5 Å². The molecule has 1 saturated heterocycles. The van der Waals surface area contributed by atoms with Crippen LogP contribution in [0.25, 0.3) is 0 Å². The second kappa shape index (κ2) is 3.75. The molecule has 1 amide bonds. The van der Waals surface area contributed by atoms with Crippen LogP contribution in [0.1, 0.15) is 23.8 Å². The van der Waals surface area contributed by atoms with Gasteiger partial charge in [-0.15, -0.1) is 0 Å². The molecule has 16 heavy (non-hydrogen) atoms. The molecule has 0 spiro atoms. The van der Waals surface area contributed by atoms with Crippen LogP contribution in [0.4, 0.5) is 5.69 Å². The lowest BCUT2D eigenvalue weighted by Gasteiger charge is -2.18. The molecule has 3 N–H and O–H groups in total. The van der Waals surface area contributed by atoms with Crippen molar-refractivity contribution in [3.8, 4) is 0 Å². The minimum Gasteiger partial charge on any atom is -0.399 e. The molecule has 1 aromatic rings. The third-order valence-corrected chi connectivity index (χ3v) is 2.74. The molecule has 0 radical (unpaired) electrons. The monoisotopic (exact) mass is 221 g/mol. The third kappa shape index (κ3) is 2.14. The lowest BCUT2D eigenvalue weighted by Crippen LogP contribution is -2.34. The zero-order valence-corrected chi connectivity index (χ0v) is 9.18. The highest BCUT2D eigenvalue weighted by molar-refractivity contribution is 5.93. The number of anilines is 1. The van der Waals surface area contributed by atoms with Crippen molar-refractivity contribution in [3.05, 3.63) is 24.0 Å². The van der Waals surface area contributed by atoms with E-state index in [2.05, 4.69) is 4.98 Å². The van der Waals surface area contributed by atoms with Gasteiger partial charge in [-0.3, -0.25) is 9.78 Å². The molecule has 86 valence electrons. The number of nitrogen functional groups attached to an aromatic ring is 1. The lowest BCUT2D eigenvalue weighted by atomic mass is 10.1. The van der Waals surface area contributed by atoms with Gasteiger partial charge in [0.2, 0.25) is 0 Å². The maximum Gasteiger partial charge on any atom is 0.272 e. The van der Waals surface area contributed by atoms with Crippen LogP contribution < -0.4 is 5.73 Å². The van der Waals surface area contributed by atoms with Gasteiger partial charge < -0.3 is 15.7 Å². The number of carbonyl (C=O) groups is 1. The number of nitrogens with zero attached hydrogens (tertiary/aromatic N) is 2. The number of rotatable bonds is 1. The Balaban J connectivity index is 2.15. The molecule has 0 bridgehead atoms. The number of hydrogen-bond donors (Lipinski definition) is 2. The summed E-state index contributed by atoms with van der Waals surface area (Å²) < 4.78 is 0. The van der Waals surface area contributed by atoms with Crippen molar-refractivity contribution >= 4 is 11.6 Å². The van der Waals surface area contributed by atoms with E-state index < -0.39 is 5.60 Å². The molecule has 0 saturated carbocycles. The predicted octanol–water partition coefficient (Wildman–Crippen LogP) is 0.261. The van der Waals surface area contributed by atoms with Crippen LogP contribution in [0.2, 0.25) is 0 Å². The number of nitrogens with two attached hydrogens (primary N) is 1. The van der Waals surface area contributed by atoms with Crippen molar-refractivity contribution in [1.82, 2.24) is 9.88 Å². The van der Waals surface area contributed by atoms with E-state index in [1.165, 1.54) is 6.20 Å². The van der Waals surface area contributed by atoms with Gasteiger partial charge in [0.05, 0.1) is 5.60 Å². The normalized spacial score (nSPS) is 24.8. The fourth-order valence-corrected chi connectivity index (χ4v) is 1.84. The average molecular weight is 221 g/mol. The highest BCUT2D eigenvalue weighted by Crippen LogP contribution is 2.21. The molecular weight excluding hydrogens is 206 g/mol. The summed E-state index contributed by atoms with van der Waals surface area (Å²) >= 11 is 0. The van der Waals surface area contributed by atoms with Crippen molar-refractivity contribution in [2.75, 3.05) is 18.8 Å². The highest BCUT2D eigenvalue weighted by Gasteiger charge is 2.34. The molecule has 1 aliphatic heterocycles. The molecule has 1 aliphatic rings. The fraction of sp³-hybridized carbons (Fsp3) is 0.455. The minimum atomic E-state index is -0.782.